The fourth-order valence-corrected chi connectivity index (χ4v) is 8.15. The Morgan fingerprint density at radius 3 is 2.05 bits per heavy atom. The van der Waals surface area contributed by atoms with E-state index < -0.39 is 0 Å². The molecule has 9 heteroatoms. The SMILES string of the molecule is CCC(CC(CC(C)c1cc[n+](CCCCCC(=O)NCc2cccc(-c3cc(C)ccn3)c2)cc1)c1cc[n+](CCCCCC(=O)n2ccnc2)cc1)c1ccncc1. The quantitative estimate of drug-likeness (QED) is 0.0514. The number of amides is 1. The van der Waals surface area contributed by atoms with E-state index in [1.807, 2.05) is 36.8 Å². The van der Waals surface area contributed by atoms with Crippen LogP contribution in [0.4, 0.5) is 0 Å². The van der Waals surface area contributed by atoms with E-state index in [9.17, 15) is 9.59 Å². The van der Waals surface area contributed by atoms with Gasteiger partial charge in [-0.2, -0.15) is 0 Å². The maximum atomic E-state index is 12.6. The van der Waals surface area contributed by atoms with Crippen molar-refractivity contribution in [1.82, 2.24) is 24.8 Å². The zero-order valence-electron chi connectivity index (χ0n) is 35.8. The fourth-order valence-electron chi connectivity index (χ4n) is 8.15. The number of unbranched alkanes of at least 4 members (excludes halogenated alkanes) is 4. The highest BCUT2D eigenvalue weighted by atomic mass is 16.2. The van der Waals surface area contributed by atoms with E-state index in [4.69, 9.17) is 0 Å². The molecule has 9 nitrogen and oxygen atoms in total. The summed E-state index contributed by atoms with van der Waals surface area (Å²) in [5.74, 6) is 1.48. The lowest BCUT2D eigenvalue weighted by atomic mass is 9.79. The summed E-state index contributed by atoms with van der Waals surface area (Å²) in [5.41, 5.74) is 8.39. The zero-order valence-corrected chi connectivity index (χ0v) is 35.8. The molecule has 312 valence electrons. The van der Waals surface area contributed by atoms with Crippen LogP contribution in [-0.4, -0.2) is 31.3 Å². The van der Waals surface area contributed by atoms with Crippen LogP contribution in [0, 0.1) is 6.92 Å². The number of rotatable bonds is 23. The minimum absolute atomic E-state index is 0.0998. The summed E-state index contributed by atoms with van der Waals surface area (Å²) in [7, 11) is 0. The Balaban J connectivity index is 0.951. The van der Waals surface area contributed by atoms with E-state index in [0.717, 1.165) is 87.7 Å². The monoisotopic (exact) mass is 806 g/mol. The molecule has 3 atom stereocenters. The van der Waals surface area contributed by atoms with Crippen molar-refractivity contribution < 1.29 is 18.7 Å². The molecule has 0 saturated heterocycles. The van der Waals surface area contributed by atoms with Crippen LogP contribution in [0.2, 0.25) is 0 Å². The summed E-state index contributed by atoms with van der Waals surface area (Å²) >= 11 is 0. The van der Waals surface area contributed by atoms with E-state index in [1.54, 1.807) is 23.3 Å². The third-order valence-corrected chi connectivity index (χ3v) is 11.8. The van der Waals surface area contributed by atoms with E-state index >= 15 is 0 Å². The average molecular weight is 806 g/mol. The second-order valence-corrected chi connectivity index (χ2v) is 16.4. The van der Waals surface area contributed by atoms with Crippen molar-refractivity contribution >= 4 is 11.8 Å². The Hall–Kier alpha value is -5.83. The number of aromatic nitrogens is 6. The molecule has 1 amide bonds. The summed E-state index contributed by atoms with van der Waals surface area (Å²) < 4.78 is 6.12. The molecule has 5 aromatic heterocycles. The first kappa shape index (κ1) is 43.7. The molecule has 1 aromatic carbocycles. The molecule has 0 saturated carbocycles. The predicted octanol–water partition coefficient (Wildman–Crippen LogP) is 9.86. The van der Waals surface area contributed by atoms with Crippen molar-refractivity contribution in [1.29, 1.82) is 0 Å². The van der Waals surface area contributed by atoms with Crippen LogP contribution in [0.3, 0.4) is 0 Å². The molecule has 0 spiro atoms. The normalized spacial score (nSPS) is 12.8. The van der Waals surface area contributed by atoms with E-state index in [-0.39, 0.29) is 11.8 Å². The van der Waals surface area contributed by atoms with Crippen LogP contribution >= 0.6 is 0 Å². The third kappa shape index (κ3) is 13.6. The van der Waals surface area contributed by atoms with Crippen molar-refractivity contribution in [2.75, 3.05) is 0 Å². The lowest BCUT2D eigenvalue weighted by Gasteiger charge is -2.26. The van der Waals surface area contributed by atoms with Gasteiger partial charge in [-0.3, -0.25) is 24.1 Å². The Labute approximate surface area is 357 Å². The molecule has 0 radical (unpaired) electrons. The molecule has 3 unspecified atom stereocenters. The highest BCUT2D eigenvalue weighted by Crippen LogP contribution is 2.38. The van der Waals surface area contributed by atoms with Gasteiger partial charge in [-0.25, -0.2) is 14.1 Å². The molecule has 0 bridgehead atoms. The standard InChI is InChI=1S/C51H62N7O2/c1-4-43(45-17-23-52-24-18-45)37-48(46-21-31-57(32-22-46)28-10-6-8-15-51(60)58-33-26-53-39-58)35-41(3)44-19-29-56(30-20-44)27-9-5-7-14-50(59)55-38-42-12-11-13-47(36-42)49-34-40(2)16-25-54-49/h11-13,16-26,29-34,36,39,41,43,48H,4-10,14-15,27-28,35,37-38H2,1-3H3/q+1/p+1. The van der Waals surface area contributed by atoms with Crippen molar-refractivity contribution in [3.63, 3.8) is 0 Å². The first-order chi connectivity index (χ1) is 29.3. The molecule has 6 aromatic rings. The number of hydrogen-bond acceptors (Lipinski definition) is 5. The van der Waals surface area contributed by atoms with E-state index in [2.05, 4.69) is 130 Å². The summed E-state index contributed by atoms with van der Waals surface area (Å²) in [6, 6.07) is 25.9. The van der Waals surface area contributed by atoms with Crippen LogP contribution < -0.4 is 14.5 Å². The molecular weight excluding hydrogens is 743 g/mol. The van der Waals surface area contributed by atoms with Crippen molar-refractivity contribution in [2.45, 2.75) is 129 Å². The highest BCUT2D eigenvalue weighted by molar-refractivity contribution is 5.78. The summed E-state index contributed by atoms with van der Waals surface area (Å²) in [6.07, 6.45) is 29.7. The van der Waals surface area contributed by atoms with Gasteiger partial charge in [-0.05, 0) is 128 Å². The first-order valence-corrected chi connectivity index (χ1v) is 22.0. The molecule has 0 fully saturated rings. The molecule has 5 heterocycles. The van der Waals surface area contributed by atoms with Crippen molar-refractivity contribution in [3.8, 4) is 11.3 Å². The molecule has 6 rings (SSSR count). The van der Waals surface area contributed by atoms with Gasteiger partial charge in [-0.1, -0.05) is 32.0 Å². The number of nitrogens with one attached hydrogen (secondary N) is 1. The second-order valence-electron chi connectivity index (χ2n) is 16.4. The number of carbonyl (C=O) groups excluding carboxylic acids is 2. The van der Waals surface area contributed by atoms with Gasteiger partial charge in [-0.15, -0.1) is 0 Å². The van der Waals surface area contributed by atoms with Gasteiger partial charge in [0.1, 0.15) is 19.4 Å². The van der Waals surface area contributed by atoms with Crippen LogP contribution in [-0.2, 0) is 24.4 Å². The molecular formula is C51H63N7O2+2. The summed E-state index contributed by atoms with van der Waals surface area (Å²) in [5, 5.41) is 3.10. The summed E-state index contributed by atoms with van der Waals surface area (Å²) in [4.78, 5) is 37.7. The Bertz CT molecular complexity index is 2190. The lowest BCUT2D eigenvalue weighted by molar-refractivity contribution is -0.697. The van der Waals surface area contributed by atoms with Gasteiger partial charge in [0.25, 0.3) is 0 Å². The number of aryl methyl sites for hydroxylation is 3. The largest absolute Gasteiger partial charge is 0.352 e. The predicted molar refractivity (Wildman–Crippen MR) is 237 cm³/mol. The minimum atomic E-state index is 0.0998. The third-order valence-electron chi connectivity index (χ3n) is 11.8. The van der Waals surface area contributed by atoms with Crippen LogP contribution in [0.15, 0.2) is 135 Å². The Kier molecular flexibility index (Phi) is 16.8. The van der Waals surface area contributed by atoms with Gasteiger partial charge >= 0.3 is 0 Å². The smallest absolute Gasteiger partial charge is 0.231 e. The van der Waals surface area contributed by atoms with Gasteiger partial charge in [0.2, 0.25) is 11.8 Å². The Morgan fingerprint density at radius 2 is 1.38 bits per heavy atom. The maximum absolute atomic E-state index is 12.6. The van der Waals surface area contributed by atoms with Gasteiger partial charge in [0, 0.05) is 93.0 Å². The topological polar surface area (TPSA) is 97.5 Å². The van der Waals surface area contributed by atoms with Crippen LogP contribution in [0.5, 0.6) is 0 Å². The Morgan fingerprint density at radius 1 is 0.700 bits per heavy atom. The van der Waals surface area contributed by atoms with Crippen LogP contribution in [0.1, 0.15) is 135 Å². The number of nitrogens with zero attached hydrogens (tertiary/aromatic N) is 6. The maximum Gasteiger partial charge on any atom is 0.231 e. The average Bonchev–Trinajstić information content (AvgIpc) is 3.83. The lowest BCUT2D eigenvalue weighted by Crippen LogP contribution is -2.33. The minimum Gasteiger partial charge on any atom is -0.352 e. The van der Waals surface area contributed by atoms with Gasteiger partial charge in [0.05, 0.1) is 5.69 Å². The van der Waals surface area contributed by atoms with Crippen LogP contribution in [0.25, 0.3) is 11.3 Å². The van der Waals surface area contributed by atoms with Gasteiger partial charge in [0.15, 0.2) is 24.8 Å². The van der Waals surface area contributed by atoms with Crippen molar-refractivity contribution in [3.05, 3.63) is 163 Å². The number of benzene rings is 1. The van der Waals surface area contributed by atoms with Gasteiger partial charge < -0.3 is 5.32 Å². The van der Waals surface area contributed by atoms with Crippen molar-refractivity contribution in [2.24, 2.45) is 0 Å². The van der Waals surface area contributed by atoms with E-state index in [0.29, 0.717) is 37.1 Å². The number of pyridine rings is 4. The molecule has 1 N–H and O–H groups in total. The fraction of sp³-hybridized carbons (Fsp3) is 0.392. The summed E-state index contributed by atoms with van der Waals surface area (Å²) in [6.45, 7) is 9.14. The molecule has 0 aliphatic rings. The molecule has 0 aliphatic carbocycles. The number of imidazole rings is 1. The molecule has 60 heavy (non-hydrogen) atoms. The highest BCUT2D eigenvalue weighted by Gasteiger charge is 2.23. The number of hydrogen-bond donors (Lipinski definition) is 1. The first-order valence-electron chi connectivity index (χ1n) is 22.0. The molecule has 0 aliphatic heterocycles. The second kappa shape index (κ2) is 23.1. The number of carbonyl (C=O) groups is 2. The zero-order chi connectivity index (χ0) is 41.9. The van der Waals surface area contributed by atoms with E-state index in [1.165, 1.54) is 22.3 Å².